The van der Waals surface area contributed by atoms with Crippen molar-refractivity contribution in [2.45, 2.75) is 50.5 Å². The second-order valence-electron chi connectivity index (χ2n) is 5.32. The van der Waals surface area contributed by atoms with Gasteiger partial charge in [-0.15, -0.1) is 12.4 Å². The van der Waals surface area contributed by atoms with E-state index in [4.69, 9.17) is 0 Å². The third-order valence-corrected chi connectivity index (χ3v) is 3.95. The molecule has 3 rings (SSSR count). The third kappa shape index (κ3) is 3.23. The number of nitrogens with one attached hydrogen (secondary N) is 1. The van der Waals surface area contributed by atoms with E-state index in [0.29, 0.717) is 0 Å². The zero-order valence-corrected chi connectivity index (χ0v) is 11.1. The number of halogens is 1. The lowest BCUT2D eigenvalue weighted by molar-refractivity contribution is 0.399. The number of rotatable bonds is 3. The fourth-order valence-electron chi connectivity index (χ4n) is 2.88. The summed E-state index contributed by atoms with van der Waals surface area (Å²) in [5, 5.41) is 3.65. The van der Waals surface area contributed by atoms with Gasteiger partial charge < -0.3 is 5.32 Å². The van der Waals surface area contributed by atoms with Gasteiger partial charge in [-0.3, -0.25) is 0 Å². The molecule has 1 atom stereocenters. The summed E-state index contributed by atoms with van der Waals surface area (Å²) in [7, 11) is 0. The Kier molecular flexibility index (Phi) is 4.47. The maximum Gasteiger partial charge on any atom is 0.0108 e. The summed E-state index contributed by atoms with van der Waals surface area (Å²) in [6.07, 6.45) is 8.19. The second-order valence-corrected chi connectivity index (χ2v) is 5.32. The van der Waals surface area contributed by atoms with Crippen LogP contribution in [0.1, 0.15) is 49.1 Å². The van der Waals surface area contributed by atoms with Crippen LogP contribution in [-0.4, -0.2) is 12.6 Å². The van der Waals surface area contributed by atoms with E-state index in [1.807, 2.05) is 0 Å². The van der Waals surface area contributed by atoms with Crippen LogP contribution in [0, 0.1) is 0 Å². The van der Waals surface area contributed by atoms with Crippen LogP contribution in [0.25, 0.3) is 0 Å². The molecule has 1 aliphatic carbocycles. The molecule has 1 N–H and O–H groups in total. The maximum atomic E-state index is 3.65. The Morgan fingerprint density at radius 2 is 1.88 bits per heavy atom. The summed E-state index contributed by atoms with van der Waals surface area (Å²) in [6, 6.07) is 9.81. The van der Waals surface area contributed by atoms with Crippen molar-refractivity contribution in [3.05, 3.63) is 35.4 Å². The zero-order chi connectivity index (χ0) is 10.8. The average molecular weight is 252 g/mol. The minimum absolute atomic E-state index is 0. The van der Waals surface area contributed by atoms with Crippen molar-refractivity contribution in [1.82, 2.24) is 5.32 Å². The van der Waals surface area contributed by atoms with Crippen molar-refractivity contribution in [1.29, 1.82) is 0 Å². The largest absolute Gasteiger partial charge is 0.314 e. The first-order valence-corrected chi connectivity index (χ1v) is 6.74. The minimum atomic E-state index is 0. The molecule has 2 aliphatic rings. The predicted molar refractivity (Wildman–Crippen MR) is 75.0 cm³/mol. The van der Waals surface area contributed by atoms with Crippen LogP contribution < -0.4 is 5.32 Å². The van der Waals surface area contributed by atoms with E-state index < -0.39 is 0 Å². The van der Waals surface area contributed by atoms with Gasteiger partial charge in [0.05, 0.1) is 0 Å². The lowest BCUT2D eigenvalue weighted by Gasteiger charge is -2.24. The second kappa shape index (κ2) is 5.88. The standard InChI is InChI=1S/C15H21N.ClH/c1-2-7-15(12-8-9-12)13(5-1)11-14-6-3-4-10-16-14;/h1-2,5,7,12,14,16H,3-4,6,8-11H2;1H. The van der Waals surface area contributed by atoms with Gasteiger partial charge in [-0.1, -0.05) is 30.7 Å². The molecule has 1 aromatic carbocycles. The molecule has 0 bridgehead atoms. The number of benzene rings is 1. The van der Waals surface area contributed by atoms with Gasteiger partial charge >= 0.3 is 0 Å². The van der Waals surface area contributed by atoms with Crippen molar-refractivity contribution in [2.75, 3.05) is 6.54 Å². The van der Waals surface area contributed by atoms with Crippen LogP contribution in [-0.2, 0) is 6.42 Å². The van der Waals surface area contributed by atoms with E-state index in [0.717, 1.165) is 12.0 Å². The zero-order valence-electron chi connectivity index (χ0n) is 10.3. The van der Waals surface area contributed by atoms with Gasteiger partial charge in [-0.25, -0.2) is 0 Å². The molecule has 1 aliphatic heterocycles. The number of piperidine rings is 1. The molecular formula is C15H22ClN. The van der Waals surface area contributed by atoms with Crippen molar-refractivity contribution in [3.63, 3.8) is 0 Å². The van der Waals surface area contributed by atoms with Gasteiger partial charge in [-0.2, -0.15) is 0 Å². The van der Waals surface area contributed by atoms with Gasteiger partial charge in [-0.05, 0) is 55.7 Å². The first-order chi connectivity index (χ1) is 7.93. The lowest BCUT2D eigenvalue weighted by atomic mass is 9.93. The van der Waals surface area contributed by atoms with Crippen molar-refractivity contribution in [2.24, 2.45) is 0 Å². The smallest absolute Gasteiger partial charge is 0.0108 e. The molecule has 0 aromatic heterocycles. The fourth-order valence-corrected chi connectivity index (χ4v) is 2.88. The molecule has 17 heavy (non-hydrogen) atoms. The molecule has 2 heteroatoms. The molecule has 94 valence electrons. The highest BCUT2D eigenvalue weighted by molar-refractivity contribution is 5.85. The molecule has 0 radical (unpaired) electrons. The Morgan fingerprint density at radius 1 is 1.06 bits per heavy atom. The van der Waals surface area contributed by atoms with Crippen LogP contribution in [0.4, 0.5) is 0 Å². The summed E-state index contributed by atoms with van der Waals surface area (Å²) in [5.74, 6) is 0.889. The number of hydrogen-bond acceptors (Lipinski definition) is 1. The lowest BCUT2D eigenvalue weighted by Crippen LogP contribution is -2.35. The van der Waals surface area contributed by atoms with Gasteiger partial charge in [0.2, 0.25) is 0 Å². The predicted octanol–water partition coefficient (Wildman–Crippen LogP) is 3.67. The first kappa shape index (κ1) is 12.9. The molecule has 1 saturated heterocycles. The summed E-state index contributed by atoms with van der Waals surface area (Å²) in [4.78, 5) is 0. The van der Waals surface area contributed by atoms with Gasteiger partial charge in [0.1, 0.15) is 0 Å². The number of hydrogen-bond donors (Lipinski definition) is 1. The van der Waals surface area contributed by atoms with Gasteiger partial charge in [0.25, 0.3) is 0 Å². The molecule has 1 nitrogen and oxygen atoms in total. The topological polar surface area (TPSA) is 12.0 Å². The van der Waals surface area contributed by atoms with E-state index >= 15 is 0 Å². The summed E-state index contributed by atoms with van der Waals surface area (Å²) in [6.45, 7) is 1.22. The quantitative estimate of drug-likeness (QED) is 0.865. The van der Waals surface area contributed by atoms with Crippen LogP contribution >= 0.6 is 12.4 Å². The van der Waals surface area contributed by atoms with E-state index in [1.165, 1.54) is 45.1 Å². The molecular weight excluding hydrogens is 230 g/mol. The summed E-state index contributed by atoms with van der Waals surface area (Å²) in [5.41, 5.74) is 3.24. The van der Waals surface area contributed by atoms with Crippen LogP contribution in [0.15, 0.2) is 24.3 Å². The molecule has 2 fully saturated rings. The first-order valence-electron chi connectivity index (χ1n) is 6.74. The van der Waals surface area contributed by atoms with Crippen LogP contribution in [0.3, 0.4) is 0 Å². The monoisotopic (exact) mass is 251 g/mol. The van der Waals surface area contributed by atoms with Crippen molar-refractivity contribution < 1.29 is 0 Å². The minimum Gasteiger partial charge on any atom is -0.314 e. The molecule has 1 aromatic rings. The van der Waals surface area contributed by atoms with Crippen molar-refractivity contribution >= 4 is 12.4 Å². The van der Waals surface area contributed by atoms with Crippen molar-refractivity contribution in [3.8, 4) is 0 Å². The Hall–Kier alpha value is -0.530. The average Bonchev–Trinajstić information content (AvgIpc) is 3.15. The molecule has 1 heterocycles. The fraction of sp³-hybridized carbons (Fsp3) is 0.600. The Balaban J connectivity index is 0.00000108. The van der Waals surface area contributed by atoms with E-state index in [-0.39, 0.29) is 12.4 Å². The third-order valence-electron chi connectivity index (χ3n) is 3.95. The maximum absolute atomic E-state index is 3.65. The molecule has 1 saturated carbocycles. The normalized spacial score (nSPS) is 24.1. The highest BCUT2D eigenvalue weighted by atomic mass is 35.5. The van der Waals surface area contributed by atoms with E-state index in [1.54, 1.807) is 11.1 Å². The van der Waals surface area contributed by atoms with Crippen LogP contribution in [0.2, 0.25) is 0 Å². The Morgan fingerprint density at radius 3 is 2.59 bits per heavy atom. The molecule has 0 amide bonds. The molecule has 0 spiro atoms. The Bertz CT molecular complexity index is 354. The van der Waals surface area contributed by atoms with Crippen LogP contribution in [0.5, 0.6) is 0 Å². The summed E-state index contributed by atoms with van der Waals surface area (Å²) < 4.78 is 0. The SMILES string of the molecule is Cl.c1ccc(C2CC2)c(CC2CCCCN2)c1. The molecule has 1 unspecified atom stereocenters. The summed E-state index contributed by atoms with van der Waals surface area (Å²) >= 11 is 0. The van der Waals surface area contributed by atoms with E-state index in [9.17, 15) is 0 Å². The highest BCUT2D eigenvalue weighted by Crippen LogP contribution is 2.41. The Labute approximate surface area is 110 Å². The van der Waals surface area contributed by atoms with Gasteiger partial charge in [0, 0.05) is 6.04 Å². The van der Waals surface area contributed by atoms with E-state index in [2.05, 4.69) is 29.6 Å². The highest BCUT2D eigenvalue weighted by Gasteiger charge is 2.26. The van der Waals surface area contributed by atoms with Gasteiger partial charge in [0.15, 0.2) is 0 Å².